The lowest BCUT2D eigenvalue weighted by molar-refractivity contribution is 0.0696. The van der Waals surface area contributed by atoms with Crippen molar-refractivity contribution in [1.82, 2.24) is 14.8 Å². The number of carbonyl (C=O) groups excluding carboxylic acids is 4. The molecule has 6 aromatic carbocycles. The molecule has 16 nitrogen and oxygen atoms in total. The molecule has 4 amide bonds. The fourth-order valence-corrected chi connectivity index (χ4v) is 7.62. The first-order valence-corrected chi connectivity index (χ1v) is 23.3. The maximum Gasteiger partial charge on any atom is 0.415 e. The Morgan fingerprint density at radius 3 is 1.24 bits per heavy atom. The van der Waals surface area contributed by atoms with E-state index in [0.29, 0.717) is 103 Å². The number of carboxylic acid groups (broad SMARTS) is 1. The molecule has 2 fully saturated rings. The molecule has 0 radical (unpaired) electrons. The number of aromatic nitrogens is 1. The normalized spacial score (nSPS) is 13.6. The molecular formula is C56H51N5O11. The van der Waals surface area contributed by atoms with E-state index in [1.165, 1.54) is 12.1 Å². The lowest BCUT2D eigenvalue weighted by Crippen LogP contribution is -2.43. The molecule has 2 aliphatic heterocycles. The van der Waals surface area contributed by atoms with Crippen molar-refractivity contribution in [2.75, 3.05) is 36.8 Å². The number of carbonyl (C=O) groups is 5. The smallest absolute Gasteiger partial charge is 0.415 e. The van der Waals surface area contributed by atoms with Gasteiger partial charge >= 0.3 is 18.2 Å². The van der Waals surface area contributed by atoms with Crippen LogP contribution in [-0.2, 0) is 0 Å². The van der Waals surface area contributed by atoms with Crippen molar-refractivity contribution in [2.24, 2.45) is 0 Å². The number of likely N-dealkylation sites (tertiary alicyclic amines) is 2. The average molecular weight is 970 g/mol. The number of hydrogen-bond acceptors (Lipinski definition) is 11. The molecule has 366 valence electrons. The maximum absolute atomic E-state index is 12.6. The Morgan fingerprint density at radius 2 is 0.833 bits per heavy atom. The van der Waals surface area contributed by atoms with Gasteiger partial charge in [0.25, 0.3) is 11.8 Å². The summed E-state index contributed by atoms with van der Waals surface area (Å²) in [7, 11) is 0. The van der Waals surface area contributed by atoms with Gasteiger partial charge in [-0.1, -0.05) is 42.5 Å². The molecule has 0 spiro atoms. The van der Waals surface area contributed by atoms with Crippen LogP contribution >= 0.6 is 0 Å². The van der Waals surface area contributed by atoms with E-state index in [9.17, 15) is 24.0 Å². The van der Waals surface area contributed by atoms with Crippen LogP contribution in [0.1, 0.15) is 56.8 Å². The van der Waals surface area contributed by atoms with Crippen molar-refractivity contribution in [3.63, 3.8) is 0 Å². The fourth-order valence-electron chi connectivity index (χ4n) is 7.62. The minimum atomic E-state index is -0.982. The van der Waals surface area contributed by atoms with Gasteiger partial charge in [0.2, 0.25) is 5.88 Å². The largest absolute Gasteiger partial charge is 0.490 e. The van der Waals surface area contributed by atoms with Crippen LogP contribution < -0.4 is 34.3 Å². The first kappa shape index (κ1) is 49.2. The summed E-state index contributed by atoms with van der Waals surface area (Å²) < 4.78 is 28.7. The van der Waals surface area contributed by atoms with Crippen molar-refractivity contribution in [3.05, 3.63) is 199 Å². The minimum Gasteiger partial charge on any atom is -0.490 e. The number of nitrogens with one attached hydrogen (secondary N) is 2. The number of benzene rings is 6. The number of pyridine rings is 1. The topological polar surface area (TPSA) is 195 Å². The Morgan fingerprint density at radius 1 is 0.444 bits per heavy atom. The summed E-state index contributed by atoms with van der Waals surface area (Å²) in [6, 6.07) is 50.4. The zero-order valence-electron chi connectivity index (χ0n) is 39.0. The molecule has 72 heavy (non-hydrogen) atoms. The van der Waals surface area contributed by atoms with E-state index in [4.69, 9.17) is 28.8 Å². The summed E-state index contributed by atoms with van der Waals surface area (Å²) in [6.07, 6.45) is 3.46. The predicted octanol–water partition coefficient (Wildman–Crippen LogP) is 10.8. The second-order valence-electron chi connectivity index (χ2n) is 16.6. The molecule has 2 saturated heterocycles. The number of hydrogen-bond donors (Lipinski definition) is 3. The van der Waals surface area contributed by atoms with Gasteiger partial charge in [-0.15, -0.1) is 0 Å². The lowest BCUT2D eigenvalue weighted by Gasteiger charge is -2.31. The maximum atomic E-state index is 12.6. The molecule has 0 unspecified atom stereocenters. The third-order valence-electron chi connectivity index (χ3n) is 11.5. The highest BCUT2D eigenvalue weighted by Gasteiger charge is 2.27. The summed E-state index contributed by atoms with van der Waals surface area (Å²) in [5.41, 5.74) is 2.55. The highest BCUT2D eigenvalue weighted by Crippen LogP contribution is 2.27. The van der Waals surface area contributed by atoms with Gasteiger partial charge in [0.15, 0.2) is 0 Å². The molecule has 16 heteroatoms. The number of ether oxygens (including phenoxy) is 5. The van der Waals surface area contributed by atoms with Gasteiger partial charge in [0.1, 0.15) is 41.0 Å². The number of amides is 4. The molecular weight excluding hydrogens is 919 g/mol. The van der Waals surface area contributed by atoms with Crippen LogP contribution in [0.4, 0.5) is 21.0 Å². The first-order chi connectivity index (χ1) is 35.1. The molecule has 3 N–H and O–H groups in total. The van der Waals surface area contributed by atoms with Crippen LogP contribution in [0, 0.1) is 0 Å². The first-order valence-electron chi connectivity index (χ1n) is 23.3. The molecule has 3 heterocycles. The molecule has 9 rings (SSSR count). The zero-order valence-corrected chi connectivity index (χ0v) is 39.0. The predicted molar refractivity (Wildman–Crippen MR) is 268 cm³/mol. The number of aromatic carboxylic acids is 1. The van der Waals surface area contributed by atoms with E-state index >= 15 is 0 Å². The van der Waals surface area contributed by atoms with Crippen molar-refractivity contribution in [3.8, 4) is 34.6 Å². The Hall–Kier alpha value is -9.18. The number of anilines is 2. The van der Waals surface area contributed by atoms with E-state index in [1.807, 2.05) is 60.7 Å². The van der Waals surface area contributed by atoms with Crippen LogP contribution in [0.15, 0.2) is 182 Å². The van der Waals surface area contributed by atoms with E-state index in [1.54, 1.807) is 119 Å². The number of nitrogens with zero attached hydrogens (tertiary/aromatic N) is 3. The van der Waals surface area contributed by atoms with Crippen LogP contribution in [0.25, 0.3) is 0 Å². The Balaban J connectivity index is 0.000000194. The van der Waals surface area contributed by atoms with E-state index < -0.39 is 18.2 Å². The zero-order chi connectivity index (χ0) is 50.1. The quantitative estimate of drug-likeness (QED) is 0.0991. The Labute approximate surface area is 415 Å². The van der Waals surface area contributed by atoms with Gasteiger partial charge in [0.05, 0.1) is 5.56 Å². The second-order valence-corrected chi connectivity index (χ2v) is 16.6. The highest BCUT2D eigenvalue weighted by molar-refractivity contribution is 6.05. The number of rotatable bonds is 13. The van der Waals surface area contributed by atoms with E-state index in [-0.39, 0.29) is 29.6 Å². The Bertz CT molecular complexity index is 2880. The van der Waals surface area contributed by atoms with Crippen LogP contribution in [0.2, 0.25) is 0 Å². The van der Waals surface area contributed by atoms with Gasteiger partial charge in [0, 0.05) is 86.6 Å². The van der Waals surface area contributed by atoms with Gasteiger partial charge in [-0.05, 0) is 127 Å². The number of carboxylic acids is 1. The fraction of sp³-hybridized carbons (Fsp3) is 0.179. The molecule has 0 atom stereocenters. The van der Waals surface area contributed by atoms with Crippen molar-refractivity contribution >= 4 is 41.3 Å². The van der Waals surface area contributed by atoms with Crippen molar-refractivity contribution in [2.45, 2.75) is 37.9 Å². The van der Waals surface area contributed by atoms with E-state index in [2.05, 4.69) is 15.6 Å². The molecule has 0 saturated carbocycles. The standard InChI is InChI=1S/C30H27N3O5.C26H24N2O6/c34-29(22-6-2-1-3-7-22)32-23-9-11-26(12-10-23)38-30(35)33-20-17-27(18-21-33)36-24-13-15-25(16-14-24)37-28-8-4-5-19-31-28;29-24(18-4-2-1-3-5-18)27-20-8-12-22(13-9-20)34-26(32)28-16-14-23(15-17-28)33-21-10-6-19(7-11-21)25(30)31/h1-16,19,27H,17-18,20-21H2,(H,32,34);1-13,23H,14-17H2,(H,27,29)(H,30,31). The lowest BCUT2D eigenvalue weighted by atomic mass is 10.1. The van der Waals surface area contributed by atoms with Gasteiger partial charge < -0.3 is 49.2 Å². The van der Waals surface area contributed by atoms with Gasteiger partial charge in [-0.3, -0.25) is 9.59 Å². The van der Waals surface area contributed by atoms with Gasteiger partial charge in [-0.2, -0.15) is 0 Å². The summed E-state index contributed by atoms with van der Waals surface area (Å²) in [4.78, 5) is 68.1. The van der Waals surface area contributed by atoms with Crippen LogP contribution in [0.3, 0.4) is 0 Å². The van der Waals surface area contributed by atoms with Crippen LogP contribution in [-0.4, -0.2) is 88.2 Å². The third kappa shape index (κ3) is 14.4. The molecule has 7 aromatic rings. The second kappa shape index (κ2) is 24.4. The summed E-state index contributed by atoms with van der Waals surface area (Å²) in [5, 5.41) is 14.6. The highest BCUT2D eigenvalue weighted by atomic mass is 16.6. The number of piperidine rings is 2. The molecule has 0 bridgehead atoms. The minimum absolute atomic E-state index is 0.00844. The summed E-state index contributed by atoms with van der Waals surface area (Å²) >= 11 is 0. The third-order valence-corrected chi connectivity index (χ3v) is 11.5. The molecule has 2 aliphatic rings. The molecule has 1 aromatic heterocycles. The monoisotopic (exact) mass is 969 g/mol. The SMILES string of the molecule is O=C(Nc1ccc(OC(=O)N2CCC(Oc3ccc(Oc4ccccn4)cc3)CC2)cc1)c1ccccc1.O=C(O)c1ccc(OC2CCN(C(=O)Oc3ccc(NC(=O)c4ccccc4)cc3)CC2)cc1. The van der Waals surface area contributed by atoms with Gasteiger partial charge in [-0.25, -0.2) is 19.4 Å². The average Bonchev–Trinajstić information content (AvgIpc) is 3.42. The van der Waals surface area contributed by atoms with Crippen LogP contribution in [0.5, 0.6) is 34.6 Å². The van der Waals surface area contributed by atoms with Crippen molar-refractivity contribution < 1.29 is 52.8 Å². The summed E-state index contributed by atoms with van der Waals surface area (Å²) in [5.74, 6) is 1.97. The van der Waals surface area contributed by atoms with Crippen molar-refractivity contribution in [1.29, 1.82) is 0 Å². The molecule has 0 aliphatic carbocycles. The van der Waals surface area contributed by atoms with E-state index in [0.717, 1.165) is 5.75 Å². The summed E-state index contributed by atoms with van der Waals surface area (Å²) in [6.45, 7) is 2.05. The Kier molecular flexibility index (Phi) is 16.7.